The predicted octanol–water partition coefficient (Wildman–Crippen LogP) is 5.27. The van der Waals surface area contributed by atoms with E-state index >= 15 is 0 Å². The van der Waals surface area contributed by atoms with Crippen LogP contribution in [0.1, 0.15) is 18.4 Å². The van der Waals surface area contributed by atoms with Crippen LogP contribution in [0.5, 0.6) is 0 Å². The van der Waals surface area contributed by atoms with Crippen molar-refractivity contribution < 1.29 is 0 Å². The molecule has 0 nitrogen and oxygen atoms in total. The molecule has 0 fully saturated rings. The first-order valence-electron chi connectivity index (χ1n) is 7.08. The summed E-state index contributed by atoms with van der Waals surface area (Å²) < 4.78 is 0. The van der Waals surface area contributed by atoms with Gasteiger partial charge < -0.3 is 0 Å². The second kappa shape index (κ2) is 6.15. The first-order valence-corrected chi connectivity index (χ1v) is 8.30. The van der Waals surface area contributed by atoms with Crippen molar-refractivity contribution >= 4 is 10.9 Å². The smallest absolute Gasteiger partial charge is 0.0792 e. The monoisotopic (exact) mass is 279 g/mol. The van der Waals surface area contributed by atoms with Crippen LogP contribution in [0, 0.1) is 6.92 Å². The van der Waals surface area contributed by atoms with Crippen molar-refractivity contribution in [3.8, 4) is 0 Å². The van der Waals surface area contributed by atoms with Crippen LogP contribution in [0.15, 0.2) is 87.5 Å². The van der Waals surface area contributed by atoms with Crippen molar-refractivity contribution in [1.29, 1.82) is 0 Å². The molecule has 3 rings (SSSR count). The highest BCUT2D eigenvalue weighted by Crippen LogP contribution is 2.34. The Balaban J connectivity index is 2.11. The summed E-state index contributed by atoms with van der Waals surface area (Å²) in [5.74, 6) is 0. The molecule has 100 valence electrons. The Bertz CT molecular complexity index is 638. The van der Waals surface area contributed by atoms with Crippen molar-refractivity contribution in [3.05, 3.63) is 83.3 Å². The molecule has 0 saturated carbocycles. The fourth-order valence-corrected chi connectivity index (χ4v) is 4.80. The Hall–Kier alpha value is -1.73. The highest BCUT2D eigenvalue weighted by Gasteiger charge is 2.31. The van der Waals surface area contributed by atoms with Crippen LogP contribution in [0.2, 0.25) is 0 Å². The molecule has 0 aliphatic heterocycles. The summed E-state index contributed by atoms with van der Waals surface area (Å²) in [6.07, 6.45) is 9.35. The molecule has 1 heteroatoms. The number of hydrogen-bond acceptors (Lipinski definition) is 0. The van der Waals surface area contributed by atoms with Crippen molar-refractivity contribution in [2.24, 2.45) is 0 Å². The lowest BCUT2D eigenvalue weighted by molar-refractivity contribution is 1.03. The van der Waals surface area contributed by atoms with Crippen molar-refractivity contribution in [2.45, 2.75) is 29.6 Å². The first kappa shape index (κ1) is 13.3. The zero-order valence-corrected chi connectivity index (χ0v) is 12.6. The van der Waals surface area contributed by atoms with Gasteiger partial charge in [-0.25, -0.2) is 0 Å². The molecule has 2 aromatic carbocycles. The molecule has 1 atom stereocenters. The summed E-state index contributed by atoms with van der Waals surface area (Å²) >= 11 is 0. The van der Waals surface area contributed by atoms with Gasteiger partial charge in [0.2, 0.25) is 0 Å². The van der Waals surface area contributed by atoms with Gasteiger partial charge in [-0.2, -0.15) is 0 Å². The SMILES string of the molecule is Cc1ccccc1[S+](C1=CCCC=C1)c1ccccc1. The molecule has 1 aliphatic rings. The minimum absolute atomic E-state index is 0.0250. The van der Waals surface area contributed by atoms with Crippen LogP contribution in [-0.2, 0) is 10.9 Å². The van der Waals surface area contributed by atoms with E-state index in [1.807, 2.05) is 0 Å². The van der Waals surface area contributed by atoms with Gasteiger partial charge in [-0.3, -0.25) is 0 Å². The van der Waals surface area contributed by atoms with E-state index in [9.17, 15) is 0 Å². The van der Waals surface area contributed by atoms with E-state index in [1.165, 1.54) is 26.7 Å². The van der Waals surface area contributed by atoms with Gasteiger partial charge in [0, 0.05) is 5.56 Å². The molecule has 1 unspecified atom stereocenters. The normalized spacial score (nSPS) is 15.8. The van der Waals surface area contributed by atoms with Crippen molar-refractivity contribution in [1.82, 2.24) is 0 Å². The second-order valence-corrected chi connectivity index (χ2v) is 6.97. The third-order valence-electron chi connectivity index (χ3n) is 3.49. The lowest BCUT2D eigenvalue weighted by atomic mass is 10.2. The average molecular weight is 279 g/mol. The van der Waals surface area contributed by atoms with Gasteiger partial charge in [0.15, 0.2) is 14.7 Å². The molecule has 20 heavy (non-hydrogen) atoms. The Kier molecular flexibility index (Phi) is 4.08. The molecule has 0 spiro atoms. The van der Waals surface area contributed by atoms with Crippen molar-refractivity contribution in [3.63, 3.8) is 0 Å². The highest BCUT2D eigenvalue weighted by atomic mass is 32.2. The minimum Gasteiger partial charge on any atom is -0.0792 e. The summed E-state index contributed by atoms with van der Waals surface area (Å²) in [5.41, 5.74) is 1.37. The van der Waals surface area contributed by atoms with Gasteiger partial charge in [0.1, 0.15) is 0 Å². The lowest BCUT2D eigenvalue weighted by Gasteiger charge is -2.12. The molecular formula is C19H19S+. The number of hydrogen-bond donors (Lipinski definition) is 0. The molecule has 2 aromatic rings. The maximum absolute atomic E-state index is 2.41. The van der Waals surface area contributed by atoms with E-state index in [0.717, 1.165) is 6.42 Å². The van der Waals surface area contributed by atoms with Gasteiger partial charge >= 0.3 is 0 Å². The van der Waals surface area contributed by atoms with Crippen LogP contribution in [0.25, 0.3) is 0 Å². The van der Waals surface area contributed by atoms with Gasteiger partial charge in [0.05, 0.1) is 10.9 Å². The predicted molar refractivity (Wildman–Crippen MR) is 88.0 cm³/mol. The van der Waals surface area contributed by atoms with Gasteiger partial charge in [-0.1, -0.05) is 42.5 Å². The average Bonchev–Trinajstić information content (AvgIpc) is 2.52. The molecule has 1 aliphatic carbocycles. The van der Waals surface area contributed by atoms with Crippen LogP contribution >= 0.6 is 0 Å². The standard InChI is InChI=1S/C19H19S/c1-16-10-8-9-15-19(16)20(17-11-4-2-5-12-17)18-13-6-3-7-14-18/h2,4-6,8-15H,3,7H2,1H3/q+1. The Labute approximate surface area is 124 Å². The highest BCUT2D eigenvalue weighted by molar-refractivity contribution is 8.01. The zero-order valence-electron chi connectivity index (χ0n) is 11.8. The first-order chi connectivity index (χ1) is 9.86. The van der Waals surface area contributed by atoms with E-state index in [1.54, 1.807) is 0 Å². The van der Waals surface area contributed by atoms with E-state index in [2.05, 4.69) is 79.7 Å². The van der Waals surface area contributed by atoms with Gasteiger partial charge in [0.25, 0.3) is 0 Å². The molecule has 0 radical (unpaired) electrons. The molecule has 0 bridgehead atoms. The van der Waals surface area contributed by atoms with Crippen LogP contribution in [0.3, 0.4) is 0 Å². The summed E-state index contributed by atoms with van der Waals surface area (Å²) in [7, 11) is 0.0250. The largest absolute Gasteiger partial charge is 0.169 e. The number of benzene rings is 2. The van der Waals surface area contributed by atoms with E-state index < -0.39 is 0 Å². The van der Waals surface area contributed by atoms with Gasteiger partial charge in [-0.05, 0) is 50.1 Å². The molecule has 0 heterocycles. The van der Waals surface area contributed by atoms with E-state index in [4.69, 9.17) is 0 Å². The van der Waals surface area contributed by atoms with Crippen LogP contribution in [-0.4, -0.2) is 0 Å². The Morgan fingerprint density at radius 3 is 2.30 bits per heavy atom. The summed E-state index contributed by atoms with van der Waals surface area (Å²) in [6.45, 7) is 2.21. The lowest BCUT2D eigenvalue weighted by Crippen LogP contribution is -2.08. The summed E-state index contributed by atoms with van der Waals surface area (Å²) in [5, 5.41) is 0. The maximum Gasteiger partial charge on any atom is 0.169 e. The molecule has 0 N–H and O–H groups in total. The van der Waals surface area contributed by atoms with Crippen LogP contribution < -0.4 is 0 Å². The quantitative estimate of drug-likeness (QED) is 0.672. The minimum atomic E-state index is 0.0250. The summed E-state index contributed by atoms with van der Waals surface area (Å²) in [4.78, 5) is 4.30. The summed E-state index contributed by atoms with van der Waals surface area (Å²) in [6, 6.07) is 19.6. The third-order valence-corrected chi connectivity index (χ3v) is 5.90. The van der Waals surface area contributed by atoms with E-state index in [0.29, 0.717) is 0 Å². The Morgan fingerprint density at radius 2 is 1.60 bits per heavy atom. The Morgan fingerprint density at radius 1 is 0.850 bits per heavy atom. The third kappa shape index (κ3) is 2.73. The number of rotatable bonds is 3. The second-order valence-electron chi connectivity index (χ2n) is 4.97. The fourth-order valence-electron chi connectivity index (χ4n) is 2.47. The zero-order chi connectivity index (χ0) is 13.8. The maximum atomic E-state index is 2.41. The van der Waals surface area contributed by atoms with Crippen LogP contribution in [0.4, 0.5) is 0 Å². The van der Waals surface area contributed by atoms with Crippen molar-refractivity contribution in [2.75, 3.05) is 0 Å². The molecule has 0 aromatic heterocycles. The number of aryl methyl sites for hydroxylation is 1. The van der Waals surface area contributed by atoms with E-state index in [-0.39, 0.29) is 10.9 Å². The molecular weight excluding hydrogens is 260 g/mol. The van der Waals surface area contributed by atoms with Gasteiger partial charge in [-0.15, -0.1) is 0 Å². The molecule has 0 amide bonds. The topological polar surface area (TPSA) is 0 Å². The number of allylic oxidation sites excluding steroid dienone is 3. The fraction of sp³-hybridized carbons (Fsp3) is 0.158. The molecule has 0 saturated heterocycles.